The minimum absolute atomic E-state index is 0.0289. The molecule has 0 bridgehead atoms. The number of para-hydroxylation sites is 1. The number of carbonyl (C=O) groups is 1. The van der Waals surface area contributed by atoms with Gasteiger partial charge in [-0.05, 0) is 23.8 Å². The summed E-state index contributed by atoms with van der Waals surface area (Å²) in [5, 5.41) is 1.24. The highest BCUT2D eigenvalue weighted by Gasteiger charge is 2.31. The van der Waals surface area contributed by atoms with Crippen molar-refractivity contribution >= 4 is 21.4 Å². The minimum atomic E-state index is -3.23. The molecule has 30 heavy (non-hydrogen) atoms. The maximum atomic E-state index is 13.2. The Bertz CT molecular complexity index is 985. The van der Waals surface area contributed by atoms with Crippen LogP contribution in [0.3, 0.4) is 0 Å². The molecule has 1 saturated heterocycles. The van der Waals surface area contributed by atoms with Crippen LogP contribution in [0.2, 0.25) is 0 Å². The van der Waals surface area contributed by atoms with Gasteiger partial charge < -0.3 is 9.80 Å². The van der Waals surface area contributed by atoms with Gasteiger partial charge in [0.15, 0.2) is 9.84 Å². The molecule has 0 saturated carbocycles. The molecule has 6 nitrogen and oxygen atoms in total. The zero-order valence-electron chi connectivity index (χ0n) is 16.9. The molecule has 4 rings (SSSR count). The van der Waals surface area contributed by atoms with Crippen molar-refractivity contribution in [1.82, 2.24) is 9.80 Å². The number of hydrogen-bond acceptors (Lipinski definition) is 5. The highest BCUT2D eigenvalue weighted by Crippen LogP contribution is 2.19. The van der Waals surface area contributed by atoms with E-state index in [9.17, 15) is 13.2 Å². The second kappa shape index (κ2) is 9.02. The Morgan fingerprint density at radius 1 is 0.933 bits per heavy atom. The maximum Gasteiger partial charge on any atom is 0.237 e. The second-order valence-electron chi connectivity index (χ2n) is 7.83. The third-order valence-electron chi connectivity index (χ3n) is 5.68. The fourth-order valence-electron chi connectivity index (χ4n) is 4.01. The molecule has 2 aliphatic rings. The molecule has 2 aromatic carbocycles. The van der Waals surface area contributed by atoms with Gasteiger partial charge in [0.25, 0.3) is 0 Å². The molecule has 1 atom stereocenters. The van der Waals surface area contributed by atoms with E-state index in [1.807, 2.05) is 48.5 Å². The van der Waals surface area contributed by atoms with Crippen LogP contribution in [0.15, 0.2) is 72.1 Å². The fraction of sp³-hybridized carbons (Fsp3) is 0.348. The van der Waals surface area contributed by atoms with E-state index in [-0.39, 0.29) is 11.7 Å². The van der Waals surface area contributed by atoms with E-state index < -0.39 is 15.9 Å². The van der Waals surface area contributed by atoms with Gasteiger partial charge in [-0.15, -0.1) is 0 Å². The first kappa shape index (κ1) is 20.6. The van der Waals surface area contributed by atoms with Gasteiger partial charge in [0.2, 0.25) is 5.91 Å². The largest absolute Gasteiger partial charge is 0.369 e. The predicted octanol–water partition coefficient (Wildman–Crippen LogP) is 2.15. The summed E-state index contributed by atoms with van der Waals surface area (Å²) in [6.45, 7) is 4.06. The highest BCUT2D eigenvalue weighted by molar-refractivity contribution is 7.94. The molecule has 158 valence electrons. The van der Waals surface area contributed by atoms with Crippen molar-refractivity contribution < 1.29 is 13.2 Å². The van der Waals surface area contributed by atoms with E-state index in [1.165, 1.54) is 11.1 Å². The number of carbonyl (C=O) groups excluding carboxylic acids is 1. The quantitative estimate of drug-likeness (QED) is 0.710. The molecule has 0 unspecified atom stereocenters. The molecule has 0 spiro atoms. The number of rotatable bonds is 6. The molecule has 0 aliphatic carbocycles. The topological polar surface area (TPSA) is 60.9 Å². The number of nitrogens with zero attached hydrogens (tertiary/aromatic N) is 3. The first-order chi connectivity index (χ1) is 14.5. The number of amides is 1. The maximum absolute atomic E-state index is 13.2. The molecule has 2 heterocycles. The Balaban J connectivity index is 1.40. The van der Waals surface area contributed by atoms with E-state index >= 15 is 0 Å². The molecule has 0 aromatic heterocycles. The van der Waals surface area contributed by atoms with E-state index in [1.54, 1.807) is 11.0 Å². The molecule has 0 N–H and O–H groups in total. The lowest BCUT2D eigenvalue weighted by atomic mass is 10.1. The van der Waals surface area contributed by atoms with E-state index in [2.05, 4.69) is 21.9 Å². The number of piperazine rings is 1. The van der Waals surface area contributed by atoms with E-state index in [0.717, 1.165) is 31.7 Å². The van der Waals surface area contributed by atoms with Crippen LogP contribution in [-0.4, -0.2) is 68.6 Å². The van der Waals surface area contributed by atoms with Crippen LogP contribution in [0.5, 0.6) is 0 Å². The first-order valence-corrected chi connectivity index (χ1v) is 12.0. The Morgan fingerprint density at radius 3 is 2.17 bits per heavy atom. The van der Waals surface area contributed by atoms with Crippen molar-refractivity contribution in [3.63, 3.8) is 0 Å². The van der Waals surface area contributed by atoms with Crippen LogP contribution in [0.25, 0.3) is 0 Å². The zero-order chi connectivity index (χ0) is 21.0. The van der Waals surface area contributed by atoms with Crippen molar-refractivity contribution in [2.75, 3.05) is 43.4 Å². The molecule has 2 aliphatic heterocycles. The molecule has 2 aromatic rings. The summed E-state index contributed by atoms with van der Waals surface area (Å²) in [7, 11) is -3.23. The Kier molecular flexibility index (Phi) is 6.20. The summed E-state index contributed by atoms with van der Waals surface area (Å²) in [5.41, 5.74) is 2.20. The van der Waals surface area contributed by atoms with Crippen LogP contribution < -0.4 is 4.90 Å². The number of anilines is 1. The fourth-order valence-corrected chi connectivity index (χ4v) is 5.31. The normalized spacial score (nSPS) is 20.9. The summed E-state index contributed by atoms with van der Waals surface area (Å²) in [6.07, 6.45) is 1.64. The molecule has 0 radical (unpaired) electrons. The minimum Gasteiger partial charge on any atom is -0.369 e. The van der Waals surface area contributed by atoms with Gasteiger partial charge in [-0.1, -0.05) is 48.5 Å². The Morgan fingerprint density at radius 2 is 1.57 bits per heavy atom. The zero-order valence-corrected chi connectivity index (χ0v) is 17.7. The van der Waals surface area contributed by atoms with Crippen LogP contribution in [0.1, 0.15) is 5.56 Å². The van der Waals surface area contributed by atoms with Crippen LogP contribution in [0, 0.1) is 0 Å². The average Bonchev–Trinajstić information content (AvgIpc) is 3.13. The summed E-state index contributed by atoms with van der Waals surface area (Å²) in [6, 6.07) is 19.6. The van der Waals surface area contributed by atoms with Gasteiger partial charge in [0.1, 0.15) is 0 Å². The number of sulfone groups is 1. The molecular weight excluding hydrogens is 398 g/mol. The first-order valence-electron chi connectivity index (χ1n) is 10.3. The molecule has 1 amide bonds. The van der Waals surface area contributed by atoms with Gasteiger partial charge in [0.05, 0.1) is 18.3 Å². The van der Waals surface area contributed by atoms with Crippen LogP contribution in [-0.2, 0) is 21.2 Å². The summed E-state index contributed by atoms with van der Waals surface area (Å²) < 4.78 is 23.9. The van der Waals surface area contributed by atoms with Crippen molar-refractivity contribution in [1.29, 1.82) is 0 Å². The smallest absolute Gasteiger partial charge is 0.237 e. The van der Waals surface area contributed by atoms with Crippen LogP contribution in [0.4, 0.5) is 5.69 Å². The monoisotopic (exact) mass is 425 g/mol. The van der Waals surface area contributed by atoms with Gasteiger partial charge >= 0.3 is 0 Å². The summed E-state index contributed by atoms with van der Waals surface area (Å²) in [4.78, 5) is 19.4. The third kappa shape index (κ3) is 5.09. The van der Waals surface area contributed by atoms with Crippen molar-refractivity contribution in [3.8, 4) is 0 Å². The van der Waals surface area contributed by atoms with Gasteiger partial charge in [0, 0.05) is 43.8 Å². The lowest BCUT2D eigenvalue weighted by Crippen LogP contribution is -2.51. The summed E-state index contributed by atoms with van der Waals surface area (Å²) >= 11 is 0. The number of hydrogen-bond donors (Lipinski definition) is 0. The molecule has 7 heteroatoms. The molecule has 1 fully saturated rings. The number of benzene rings is 2. The highest BCUT2D eigenvalue weighted by atomic mass is 32.2. The summed E-state index contributed by atoms with van der Waals surface area (Å²) in [5.74, 6) is -0.0633. The second-order valence-corrected chi connectivity index (χ2v) is 9.76. The van der Waals surface area contributed by atoms with Gasteiger partial charge in [-0.25, -0.2) is 8.42 Å². The molecular formula is C23H27N3O3S. The standard InChI is InChI=1S/C23H27N3O3S/c27-23(18-24-12-14-25(15-13-24)21-9-5-2-6-10-21)26(17-20-7-3-1-4-8-20)22-11-16-30(28,29)19-22/h1-11,16,22H,12-15,17-19H2/t22-/m1/s1. The SMILES string of the molecule is O=C(CN1CCN(c2ccccc2)CC1)N(Cc1ccccc1)[C@@H]1C=CS(=O)(=O)C1. The van der Waals surface area contributed by atoms with E-state index in [4.69, 9.17) is 0 Å². The van der Waals surface area contributed by atoms with Crippen LogP contribution >= 0.6 is 0 Å². The van der Waals surface area contributed by atoms with E-state index in [0.29, 0.717) is 13.1 Å². The third-order valence-corrected chi connectivity index (χ3v) is 7.06. The van der Waals surface area contributed by atoms with Crippen molar-refractivity contribution in [3.05, 3.63) is 77.7 Å². The van der Waals surface area contributed by atoms with Gasteiger partial charge in [-0.2, -0.15) is 0 Å². The average molecular weight is 426 g/mol. The van der Waals surface area contributed by atoms with Gasteiger partial charge in [-0.3, -0.25) is 9.69 Å². The Hall–Kier alpha value is -2.64. The predicted molar refractivity (Wildman–Crippen MR) is 119 cm³/mol. The lowest BCUT2D eigenvalue weighted by Gasteiger charge is -2.37. The lowest BCUT2D eigenvalue weighted by molar-refractivity contribution is -0.134. The van der Waals surface area contributed by atoms with Crippen molar-refractivity contribution in [2.24, 2.45) is 0 Å². The Labute approximate surface area is 178 Å². The van der Waals surface area contributed by atoms with Crippen molar-refractivity contribution in [2.45, 2.75) is 12.6 Å².